The third-order valence-corrected chi connectivity index (χ3v) is 6.01. The molecule has 0 spiro atoms. The van der Waals surface area contributed by atoms with Gasteiger partial charge in [-0.2, -0.15) is 0 Å². The highest BCUT2D eigenvalue weighted by molar-refractivity contribution is 5.81. The van der Waals surface area contributed by atoms with E-state index in [1.54, 1.807) is 34.6 Å². The van der Waals surface area contributed by atoms with Gasteiger partial charge in [0.2, 0.25) is 0 Å². The summed E-state index contributed by atoms with van der Waals surface area (Å²) in [4.78, 5) is 25.5. The molecule has 7 nitrogen and oxygen atoms in total. The fraction of sp³-hybridized carbons (Fsp3) is 0.692. The first-order chi connectivity index (χ1) is 15.4. The Kier molecular flexibility index (Phi) is 10.0. The number of ketones is 1. The molecule has 1 aromatic carbocycles. The summed E-state index contributed by atoms with van der Waals surface area (Å²) in [7, 11) is 0. The second kappa shape index (κ2) is 12.1. The third-order valence-electron chi connectivity index (χ3n) is 6.01. The van der Waals surface area contributed by atoms with Gasteiger partial charge in [-0.05, 0) is 33.3 Å². The lowest BCUT2D eigenvalue weighted by Gasteiger charge is -2.34. The van der Waals surface area contributed by atoms with Crippen molar-refractivity contribution in [2.24, 2.45) is 17.8 Å². The van der Waals surface area contributed by atoms with Crippen molar-refractivity contribution in [2.75, 3.05) is 19.8 Å². The number of benzene rings is 1. The lowest BCUT2D eigenvalue weighted by molar-refractivity contribution is -0.215. The molecule has 0 saturated carbocycles. The monoisotopic (exact) mass is 464 g/mol. The topological polar surface area (TPSA) is 91.3 Å². The van der Waals surface area contributed by atoms with Gasteiger partial charge in [-0.25, -0.2) is 0 Å². The molecule has 1 heterocycles. The zero-order valence-electron chi connectivity index (χ0n) is 20.8. The van der Waals surface area contributed by atoms with Gasteiger partial charge in [-0.1, -0.05) is 44.2 Å². The van der Waals surface area contributed by atoms with E-state index in [1.807, 2.05) is 37.3 Å². The van der Waals surface area contributed by atoms with Crippen molar-refractivity contribution in [2.45, 2.75) is 78.5 Å². The highest BCUT2D eigenvalue weighted by atomic mass is 16.7. The SMILES string of the molecule is CC(C(=O)CCC1(C(C)C(=O)OC(C)(C)C)OCCO1)C(O)[C@H](C)COCc1ccccc1. The maximum atomic E-state index is 12.9. The molecule has 4 atom stereocenters. The maximum absolute atomic E-state index is 12.9. The van der Waals surface area contributed by atoms with Crippen LogP contribution in [-0.4, -0.2) is 54.2 Å². The van der Waals surface area contributed by atoms with Crippen LogP contribution in [-0.2, 0) is 35.1 Å². The van der Waals surface area contributed by atoms with Crippen molar-refractivity contribution in [1.29, 1.82) is 0 Å². The second-order valence-corrected chi connectivity index (χ2v) is 9.99. The quantitative estimate of drug-likeness (QED) is 0.469. The molecule has 0 aliphatic carbocycles. The molecule has 1 N–H and O–H groups in total. The van der Waals surface area contributed by atoms with E-state index < -0.39 is 35.3 Å². The van der Waals surface area contributed by atoms with Gasteiger partial charge in [0.05, 0.1) is 32.5 Å². The van der Waals surface area contributed by atoms with Crippen LogP contribution < -0.4 is 0 Å². The molecule has 0 radical (unpaired) electrons. The Morgan fingerprint density at radius 3 is 2.27 bits per heavy atom. The van der Waals surface area contributed by atoms with Crippen molar-refractivity contribution < 1.29 is 33.6 Å². The largest absolute Gasteiger partial charge is 0.460 e. The van der Waals surface area contributed by atoms with Gasteiger partial charge >= 0.3 is 5.97 Å². The van der Waals surface area contributed by atoms with Gasteiger partial charge in [-0.15, -0.1) is 0 Å². The molecule has 1 aromatic rings. The molecule has 1 fully saturated rings. The Morgan fingerprint density at radius 2 is 1.70 bits per heavy atom. The predicted octanol–water partition coefficient (Wildman–Crippen LogP) is 3.91. The molecule has 33 heavy (non-hydrogen) atoms. The minimum absolute atomic E-state index is 0.104. The normalized spacial score (nSPS) is 19.5. The van der Waals surface area contributed by atoms with Crippen LogP contribution in [0.25, 0.3) is 0 Å². The summed E-state index contributed by atoms with van der Waals surface area (Å²) in [6.45, 7) is 12.2. The molecule has 2 rings (SSSR count). The van der Waals surface area contributed by atoms with Crippen LogP contribution in [0.1, 0.15) is 59.9 Å². The first-order valence-corrected chi connectivity index (χ1v) is 11.8. The Balaban J connectivity index is 1.87. The zero-order chi connectivity index (χ0) is 24.6. The average molecular weight is 465 g/mol. The first kappa shape index (κ1) is 27.4. The minimum atomic E-state index is -1.19. The van der Waals surface area contributed by atoms with E-state index in [2.05, 4.69) is 0 Å². The van der Waals surface area contributed by atoms with Crippen LogP contribution in [0.2, 0.25) is 0 Å². The van der Waals surface area contributed by atoms with Gasteiger partial charge in [0, 0.05) is 24.7 Å². The molecule has 7 heteroatoms. The molecule has 186 valence electrons. The highest BCUT2D eigenvalue weighted by Crippen LogP contribution is 2.35. The predicted molar refractivity (Wildman–Crippen MR) is 124 cm³/mol. The van der Waals surface area contributed by atoms with Crippen molar-refractivity contribution >= 4 is 11.8 Å². The third kappa shape index (κ3) is 8.18. The molecule has 0 bridgehead atoms. The summed E-state index contributed by atoms with van der Waals surface area (Å²) >= 11 is 0. The van der Waals surface area contributed by atoms with E-state index in [-0.39, 0.29) is 24.5 Å². The summed E-state index contributed by atoms with van der Waals surface area (Å²) < 4.78 is 22.8. The van der Waals surface area contributed by atoms with E-state index in [4.69, 9.17) is 18.9 Å². The molecule has 0 amide bonds. The number of aliphatic hydroxyl groups is 1. The molecule has 0 aromatic heterocycles. The number of aliphatic hydroxyl groups excluding tert-OH is 1. The fourth-order valence-corrected chi connectivity index (χ4v) is 3.89. The number of hydrogen-bond donors (Lipinski definition) is 1. The van der Waals surface area contributed by atoms with E-state index in [1.165, 1.54) is 0 Å². The van der Waals surface area contributed by atoms with Crippen molar-refractivity contribution in [3.8, 4) is 0 Å². The Labute approximate surface area is 197 Å². The van der Waals surface area contributed by atoms with Gasteiger partial charge in [-0.3, -0.25) is 9.59 Å². The van der Waals surface area contributed by atoms with Gasteiger partial charge in [0.1, 0.15) is 17.3 Å². The first-order valence-electron chi connectivity index (χ1n) is 11.8. The van der Waals surface area contributed by atoms with Crippen LogP contribution in [0.15, 0.2) is 30.3 Å². The maximum Gasteiger partial charge on any atom is 0.314 e. The van der Waals surface area contributed by atoms with Gasteiger partial charge in [0.25, 0.3) is 0 Å². The van der Waals surface area contributed by atoms with Gasteiger partial charge < -0.3 is 24.1 Å². The molecular weight excluding hydrogens is 424 g/mol. The van der Waals surface area contributed by atoms with Crippen LogP contribution >= 0.6 is 0 Å². The highest BCUT2D eigenvalue weighted by Gasteiger charge is 2.47. The standard InChI is InChI=1S/C26H40O7/c1-18(16-30-17-21-10-8-7-9-11-21)23(28)19(2)22(27)12-13-26(31-14-15-32-26)20(3)24(29)33-25(4,5)6/h7-11,18-20,23,28H,12-17H2,1-6H3/t18-,19?,20?,23?/m1/s1. The zero-order valence-corrected chi connectivity index (χ0v) is 20.8. The van der Waals surface area contributed by atoms with Crippen LogP contribution in [0.3, 0.4) is 0 Å². The summed E-state index contributed by atoms with van der Waals surface area (Å²) in [6, 6.07) is 9.81. The molecular formula is C26H40O7. The van der Waals surface area contributed by atoms with Crippen molar-refractivity contribution in [3.63, 3.8) is 0 Å². The van der Waals surface area contributed by atoms with E-state index in [9.17, 15) is 14.7 Å². The van der Waals surface area contributed by atoms with Crippen molar-refractivity contribution in [1.82, 2.24) is 0 Å². The minimum Gasteiger partial charge on any atom is -0.460 e. The van der Waals surface area contributed by atoms with E-state index in [0.29, 0.717) is 26.4 Å². The smallest absolute Gasteiger partial charge is 0.314 e. The molecule has 1 aliphatic heterocycles. The summed E-state index contributed by atoms with van der Waals surface area (Å²) in [5.74, 6) is -3.18. The van der Waals surface area contributed by atoms with Gasteiger partial charge in [0.15, 0.2) is 5.79 Å². The van der Waals surface area contributed by atoms with Crippen molar-refractivity contribution in [3.05, 3.63) is 35.9 Å². The summed E-state index contributed by atoms with van der Waals surface area (Å²) in [5, 5.41) is 10.7. The Hall–Kier alpha value is -1.80. The summed E-state index contributed by atoms with van der Waals surface area (Å²) in [5.41, 5.74) is 0.433. The number of carbonyl (C=O) groups is 2. The van der Waals surface area contributed by atoms with Crippen LogP contribution in [0.4, 0.5) is 0 Å². The fourth-order valence-electron chi connectivity index (χ4n) is 3.89. The van der Waals surface area contributed by atoms with E-state index in [0.717, 1.165) is 5.56 Å². The Bertz CT molecular complexity index is 750. The van der Waals surface area contributed by atoms with E-state index >= 15 is 0 Å². The number of ether oxygens (including phenoxy) is 4. The molecule has 1 saturated heterocycles. The number of hydrogen-bond acceptors (Lipinski definition) is 7. The Morgan fingerprint density at radius 1 is 1.09 bits per heavy atom. The molecule has 1 aliphatic rings. The number of rotatable bonds is 12. The second-order valence-electron chi connectivity index (χ2n) is 9.99. The lowest BCUT2D eigenvalue weighted by Crippen LogP contribution is -2.45. The van der Waals surface area contributed by atoms with Crippen LogP contribution in [0, 0.1) is 17.8 Å². The number of esters is 1. The summed E-state index contributed by atoms with van der Waals surface area (Å²) in [6.07, 6.45) is -0.483. The average Bonchev–Trinajstić information content (AvgIpc) is 3.25. The lowest BCUT2D eigenvalue weighted by atomic mass is 9.86. The number of carbonyl (C=O) groups excluding carboxylic acids is 2. The molecule has 3 unspecified atom stereocenters. The van der Waals surface area contributed by atoms with Crippen LogP contribution in [0.5, 0.6) is 0 Å². The number of Topliss-reactive ketones (excluding diaryl/α,β-unsaturated/α-hetero) is 1.